The average Bonchev–Trinajstić information content (AvgIpc) is 3.05. The van der Waals surface area contributed by atoms with E-state index in [1.54, 1.807) is 24.3 Å². The lowest BCUT2D eigenvalue weighted by molar-refractivity contribution is -0.671. The Morgan fingerprint density at radius 1 is 0.958 bits per heavy atom. The zero-order valence-electron chi connectivity index (χ0n) is 12.9. The number of nitrogens with two attached hydrogens (primary N) is 1. The molecule has 0 aliphatic rings. The second-order valence-electron chi connectivity index (χ2n) is 5.55. The zero-order chi connectivity index (χ0) is 16.9. The van der Waals surface area contributed by atoms with Crippen LogP contribution in [-0.4, -0.2) is 6.54 Å². The molecule has 0 amide bonds. The van der Waals surface area contributed by atoms with Crippen molar-refractivity contribution in [1.82, 2.24) is 0 Å². The smallest absolute Gasteiger partial charge is 0.158 e. The average molecular weight is 349 g/mol. The number of hydrogen-bond acceptors (Lipinski definition) is 1. The zero-order valence-corrected chi connectivity index (χ0v) is 13.7. The van der Waals surface area contributed by atoms with Gasteiger partial charge in [0.2, 0.25) is 0 Å². The van der Waals surface area contributed by atoms with Gasteiger partial charge in [-0.2, -0.15) is 0 Å². The lowest BCUT2D eigenvalue weighted by Gasteiger charge is -2.01. The highest BCUT2D eigenvalue weighted by Gasteiger charge is 2.08. The van der Waals surface area contributed by atoms with Crippen LogP contribution in [0.15, 0.2) is 59.0 Å². The van der Waals surface area contributed by atoms with E-state index in [4.69, 9.17) is 16.0 Å². The number of furan rings is 1. The maximum Gasteiger partial charge on any atom is 0.158 e. The fraction of sp³-hybridized carbons (Fsp3) is 0.158. The third-order valence-corrected chi connectivity index (χ3v) is 4.05. The largest absolute Gasteiger partial charge is 0.455 e. The Hall–Kier alpha value is -2.17. The molecule has 0 unspecified atom stereocenters. The van der Waals surface area contributed by atoms with E-state index in [0.717, 1.165) is 29.9 Å². The summed E-state index contributed by atoms with van der Waals surface area (Å²) in [7, 11) is 0. The van der Waals surface area contributed by atoms with Gasteiger partial charge in [0.25, 0.3) is 0 Å². The van der Waals surface area contributed by atoms with Crippen molar-refractivity contribution >= 4 is 11.6 Å². The number of rotatable bonds is 6. The molecule has 0 saturated carbocycles. The molecule has 0 atom stereocenters. The molecule has 0 saturated heterocycles. The fourth-order valence-electron chi connectivity index (χ4n) is 2.46. The molecular formula is C19H17ClF2NO+. The van der Waals surface area contributed by atoms with E-state index in [9.17, 15) is 8.78 Å². The number of hydrogen-bond donors (Lipinski definition) is 1. The van der Waals surface area contributed by atoms with Crippen molar-refractivity contribution < 1.29 is 18.5 Å². The first kappa shape index (κ1) is 16.7. The van der Waals surface area contributed by atoms with Gasteiger partial charge < -0.3 is 9.73 Å². The molecule has 5 heteroatoms. The van der Waals surface area contributed by atoms with Gasteiger partial charge in [0.1, 0.15) is 23.9 Å². The normalized spacial score (nSPS) is 11.0. The van der Waals surface area contributed by atoms with Crippen molar-refractivity contribution in [3.05, 3.63) is 82.6 Å². The fourth-order valence-corrected chi connectivity index (χ4v) is 2.64. The van der Waals surface area contributed by atoms with Crippen LogP contribution in [0.5, 0.6) is 0 Å². The molecule has 2 N–H and O–H groups in total. The van der Waals surface area contributed by atoms with Crippen molar-refractivity contribution in [2.75, 3.05) is 6.54 Å². The Morgan fingerprint density at radius 3 is 2.50 bits per heavy atom. The van der Waals surface area contributed by atoms with Gasteiger partial charge in [0.05, 0.1) is 11.6 Å². The summed E-state index contributed by atoms with van der Waals surface area (Å²) in [5.41, 5.74) is 1.85. The number of quaternary nitrogens is 1. The summed E-state index contributed by atoms with van der Waals surface area (Å²) < 4.78 is 31.8. The van der Waals surface area contributed by atoms with Crippen LogP contribution in [0.2, 0.25) is 5.02 Å². The molecule has 2 aromatic carbocycles. The van der Waals surface area contributed by atoms with Crippen LogP contribution < -0.4 is 5.32 Å². The van der Waals surface area contributed by atoms with Crippen LogP contribution in [-0.2, 0) is 13.0 Å². The standard InChI is InChI=1S/C19H16ClF2NO/c20-17-11-14(3-7-18(17)22)19-8-6-16(24-19)12-23-10-9-13-1-4-15(21)5-2-13/h1-8,11,23H,9-10,12H2/p+1. The first-order valence-corrected chi connectivity index (χ1v) is 8.10. The van der Waals surface area contributed by atoms with Crippen LogP contribution in [0.1, 0.15) is 11.3 Å². The maximum absolute atomic E-state index is 13.2. The van der Waals surface area contributed by atoms with Crippen LogP contribution >= 0.6 is 11.6 Å². The summed E-state index contributed by atoms with van der Waals surface area (Å²) in [6.45, 7) is 1.58. The van der Waals surface area contributed by atoms with Gasteiger partial charge in [-0.25, -0.2) is 8.78 Å². The molecule has 3 aromatic rings. The van der Waals surface area contributed by atoms with Crippen molar-refractivity contribution in [3.8, 4) is 11.3 Å². The Balaban J connectivity index is 1.52. The van der Waals surface area contributed by atoms with E-state index in [1.807, 2.05) is 12.1 Å². The predicted octanol–water partition coefficient (Wildman–Crippen LogP) is 4.18. The Kier molecular flexibility index (Phi) is 5.28. The second kappa shape index (κ2) is 7.60. The molecule has 0 aliphatic heterocycles. The molecule has 0 aliphatic carbocycles. The SMILES string of the molecule is Fc1ccc(CC[NH2+]Cc2ccc(-c3ccc(F)c(Cl)c3)o2)cc1. The van der Waals surface area contributed by atoms with E-state index in [2.05, 4.69) is 5.32 Å². The molecule has 0 radical (unpaired) electrons. The number of halogens is 3. The quantitative estimate of drug-likeness (QED) is 0.665. The van der Waals surface area contributed by atoms with Crippen molar-refractivity contribution in [1.29, 1.82) is 0 Å². The summed E-state index contributed by atoms with van der Waals surface area (Å²) in [5, 5.41) is 2.21. The lowest BCUT2D eigenvalue weighted by atomic mass is 10.1. The van der Waals surface area contributed by atoms with Crippen LogP contribution in [0.25, 0.3) is 11.3 Å². The number of benzene rings is 2. The molecule has 1 aromatic heterocycles. The first-order chi connectivity index (χ1) is 11.6. The lowest BCUT2D eigenvalue weighted by Crippen LogP contribution is -2.83. The van der Waals surface area contributed by atoms with Gasteiger partial charge >= 0.3 is 0 Å². The van der Waals surface area contributed by atoms with E-state index < -0.39 is 5.82 Å². The van der Waals surface area contributed by atoms with E-state index in [1.165, 1.54) is 18.2 Å². The highest BCUT2D eigenvalue weighted by Crippen LogP contribution is 2.26. The topological polar surface area (TPSA) is 29.8 Å². The summed E-state index contributed by atoms with van der Waals surface area (Å²) in [4.78, 5) is 0. The Bertz CT molecular complexity index is 814. The van der Waals surface area contributed by atoms with E-state index >= 15 is 0 Å². The summed E-state index contributed by atoms with van der Waals surface area (Å²) in [5.74, 6) is 0.844. The Labute approximate surface area is 144 Å². The monoisotopic (exact) mass is 348 g/mol. The Morgan fingerprint density at radius 2 is 1.75 bits per heavy atom. The van der Waals surface area contributed by atoms with Gasteiger partial charge in [0.15, 0.2) is 5.76 Å². The van der Waals surface area contributed by atoms with Crippen LogP contribution in [0.3, 0.4) is 0 Å². The van der Waals surface area contributed by atoms with E-state index in [0.29, 0.717) is 12.3 Å². The third kappa shape index (κ3) is 4.22. The molecule has 1 heterocycles. The minimum absolute atomic E-state index is 0.0799. The second-order valence-corrected chi connectivity index (χ2v) is 5.96. The van der Waals surface area contributed by atoms with Gasteiger partial charge in [-0.3, -0.25) is 0 Å². The third-order valence-electron chi connectivity index (χ3n) is 3.76. The molecular weight excluding hydrogens is 332 g/mol. The maximum atomic E-state index is 13.2. The van der Waals surface area contributed by atoms with Gasteiger partial charge in [-0.05, 0) is 48.0 Å². The van der Waals surface area contributed by atoms with Gasteiger partial charge in [-0.15, -0.1) is 0 Å². The highest BCUT2D eigenvalue weighted by atomic mass is 35.5. The minimum atomic E-state index is -0.443. The first-order valence-electron chi connectivity index (χ1n) is 7.72. The predicted molar refractivity (Wildman–Crippen MR) is 89.7 cm³/mol. The van der Waals surface area contributed by atoms with Crippen molar-refractivity contribution in [3.63, 3.8) is 0 Å². The van der Waals surface area contributed by atoms with Crippen LogP contribution in [0, 0.1) is 11.6 Å². The molecule has 3 rings (SSSR count). The van der Waals surface area contributed by atoms with Crippen molar-refractivity contribution in [2.45, 2.75) is 13.0 Å². The molecule has 2 nitrogen and oxygen atoms in total. The van der Waals surface area contributed by atoms with Gasteiger partial charge in [0, 0.05) is 12.0 Å². The highest BCUT2D eigenvalue weighted by molar-refractivity contribution is 6.31. The molecule has 0 bridgehead atoms. The summed E-state index contributed by atoms with van der Waals surface area (Å²) in [6, 6.07) is 14.8. The van der Waals surface area contributed by atoms with Crippen molar-refractivity contribution in [2.24, 2.45) is 0 Å². The molecule has 124 valence electrons. The molecule has 24 heavy (non-hydrogen) atoms. The summed E-state index contributed by atoms with van der Waals surface area (Å²) >= 11 is 5.79. The molecule has 0 spiro atoms. The van der Waals surface area contributed by atoms with E-state index in [-0.39, 0.29) is 10.8 Å². The van der Waals surface area contributed by atoms with Gasteiger partial charge in [-0.1, -0.05) is 23.7 Å². The minimum Gasteiger partial charge on any atom is -0.455 e. The summed E-state index contributed by atoms with van der Waals surface area (Å²) in [6.07, 6.45) is 0.863. The molecule has 0 fully saturated rings. The van der Waals surface area contributed by atoms with Crippen LogP contribution in [0.4, 0.5) is 8.78 Å².